The fourth-order valence-corrected chi connectivity index (χ4v) is 3.74. The van der Waals surface area contributed by atoms with Crippen molar-refractivity contribution in [3.8, 4) is 5.75 Å². The van der Waals surface area contributed by atoms with Gasteiger partial charge in [0.25, 0.3) is 0 Å². The smallest absolute Gasteiger partial charge is 0.216 e. The SMILES string of the molecule is CCCc1cc(CC(=O)CS(N)(=O)=O)ccc1OCc1ccc2ccccc2n1. The summed E-state index contributed by atoms with van der Waals surface area (Å²) in [6, 6.07) is 17.4. The molecule has 152 valence electrons. The number of para-hydroxylation sites is 1. The number of aromatic nitrogens is 1. The number of aryl methyl sites for hydroxylation is 1. The van der Waals surface area contributed by atoms with Crippen LogP contribution in [0, 0.1) is 0 Å². The molecular weight excluding hydrogens is 388 g/mol. The van der Waals surface area contributed by atoms with Crippen LogP contribution in [-0.4, -0.2) is 24.9 Å². The Balaban J connectivity index is 1.73. The van der Waals surface area contributed by atoms with Crippen LogP contribution < -0.4 is 9.88 Å². The van der Waals surface area contributed by atoms with Gasteiger partial charge in [-0.15, -0.1) is 0 Å². The van der Waals surface area contributed by atoms with E-state index in [4.69, 9.17) is 9.88 Å². The minimum Gasteiger partial charge on any atom is -0.487 e. The zero-order valence-electron chi connectivity index (χ0n) is 16.3. The van der Waals surface area contributed by atoms with Crippen LogP contribution in [0.3, 0.4) is 0 Å². The first-order chi connectivity index (χ1) is 13.8. The molecular formula is C22H24N2O4S. The van der Waals surface area contributed by atoms with Crippen LogP contribution in [0.2, 0.25) is 0 Å². The van der Waals surface area contributed by atoms with Crippen LogP contribution in [0.5, 0.6) is 5.75 Å². The van der Waals surface area contributed by atoms with Gasteiger partial charge in [-0.25, -0.2) is 18.5 Å². The molecule has 0 spiro atoms. The number of hydrogen-bond donors (Lipinski definition) is 1. The molecule has 0 atom stereocenters. The lowest BCUT2D eigenvalue weighted by Crippen LogP contribution is -2.24. The van der Waals surface area contributed by atoms with E-state index in [1.807, 2.05) is 48.5 Å². The molecule has 0 fully saturated rings. The maximum absolute atomic E-state index is 11.9. The molecule has 3 aromatic rings. The molecule has 2 aromatic carbocycles. The van der Waals surface area contributed by atoms with Crippen molar-refractivity contribution in [3.63, 3.8) is 0 Å². The Kier molecular flexibility index (Phi) is 6.61. The first kappa shape index (κ1) is 21.0. The van der Waals surface area contributed by atoms with Gasteiger partial charge in [0, 0.05) is 11.8 Å². The number of nitrogens with zero attached hydrogens (tertiary/aromatic N) is 1. The number of carbonyl (C=O) groups is 1. The minimum absolute atomic E-state index is 0.0274. The third-order valence-electron chi connectivity index (χ3n) is 4.44. The average molecular weight is 413 g/mol. The number of rotatable bonds is 9. The van der Waals surface area contributed by atoms with Crippen LogP contribution in [0.4, 0.5) is 0 Å². The van der Waals surface area contributed by atoms with Gasteiger partial charge in [-0.2, -0.15) is 0 Å². The largest absolute Gasteiger partial charge is 0.487 e. The van der Waals surface area contributed by atoms with Gasteiger partial charge in [-0.3, -0.25) is 4.79 Å². The summed E-state index contributed by atoms with van der Waals surface area (Å²) in [5.41, 5.74) is 3.48. The van der Waals surface area contributed by atoms with Gasteiger partial charge >= 0.3 is 0 Å². The molecule has 0 amide bonds. The van der Waals surface area contributed by atoms with Gasteiger partial charge in [0.1, 0.15) is 18.1 Å². The summed E-state index contributed by atoms with van der Waals surface area (Å²) in [7, 11) is -3.81. The number of primary sulfonamides is 1. The summed E-state index contributed by atoms with van der Waals surface area (Å²) in [6.45, 7) is 2.40. The Bertz CT molecular complexity index is 1130. The third-order valence-corrected chi connectivity index (χ3v) is 5.16. The highest BCUT2D eigenvalue weighted by Crippen LogP contribution is 2.24. The van der Waals surface area contributed by atoms with Crippen molar-refractivity contribution >= 4 is 26.7 Å². The molecule has 0 radical (unpaired) electrons. The van der Waals surface area contributed by atoms with E-state index >= 15 is 0 Å². The summed E-state index contributed by atoms with van der Waals surface area (Å²) >= 11 is 0. The first-order valence-corrected chi connectivity index (χ1v) is 11.2. The van der Waals surface area contributed by atoms with E-state index in [0.29, 0.717) is 6.61 Å². The van der Waals surface area contributed by atoms with Crippen LogP contribution in [-0.2, 0) is 34.3 Å². The van der Waals surface area contributed by atoms with Crippen molar-refractivity contribution in [2.24, 2.45) is 5.14 Å². The maximum atomic E-state index is 11.9. The van der Waals surface area contributed by atoms with Crippen LogP contribution in [0.25, 0.3) is 10.9 Å². The molecule has 3 rings (SSSR count). The first-order valence-electron chi connectivity index (χ1n) is 9.45. The van der Waals surface area contributed by atoms with Crippen molar-refractivity contribution in [1.82, 2.24) is 4.98 Å². The molecule has 0 aliphatic rings. The number of hydrogen-bond acceptors (Lipinski definition) is 5. The number of carbonyl (C=O) groups excluding carboxylic acids is 1. The highest BCUT2D eigenvalue weighted by atomic mass is 32.2. The number of sulfonamides is 1. The van der Waals surface area contributed by atoms with Gasteiger partial charge in [-0.1, -0.05) is 49.7 Å². The minimum atomic E-state index is -3.81. The van der Waals surface area contributed by atoms with Gasteiger partial charge < -0.3 is 4.74 Å². The number of fused-ring (bicyclic) bond motifs is 1. The number of benzene rings is 2. The predicted molar refractivity (Wildman–Crippen MR) is 113 cm³/mol. The molecule has 0 saturated carbocycles. The number of pyridine rings is 1. The zero-order chi connectivity index (χ0) is 20.9. The molecule has 1 heterocycles. The summed E-state index contributed by atoms with van der Waals surface area (Å²) in [5, 5.41) is 6.03. The van der Waals surface area contributed by atoms with E-state index in [0.717, 1.165) is 46.3 Å². The highest BCUT2D eigenvalue weighted by Gasteiger charge is 2.14. The van der Waals surface area contributed by atoms with E-state index in [1.54, 1.807) is 6.07 Å². The van der Waals surface area contributed by atoms with Crippen LogP contribution >= 0.6 is 0 Å². The topological polar surface area (TPSA) is 99.4 Å². The Morgan fingerprint density at radius 2 is 1.90 bits per heavy atom. The predicted octanol–water partition coefficient (Wildman–Crippen LogP) is 3.17. The van der Waals surface area contributed by atoms with E-state index < -0.39 is 21.6 Å². The molecule has 29 heavy (non-hydrogen) atoms. The summed E-state index contributed by atoms with van der Waals surface area (Å²) in [6.07, 6.45) is 1.73. The molecule has 0 aliphatic heterocycles. The summed E-state index contributed by atoms with van der Waals surface area (Å²) in [4.78, 5) is 16.5. The van der Waals surface area contributed by atoms with E-state index in [1.165, 1.54) is 0 Å². The average Bonchev–Trinajstić information content (AvgIpc) is 2.66. The van der Waals surface area contributed by atoms with E-state index in [2.05, 4.69) is 11.9 Å². The normalized spacial score (nSPS) is 11.5. The van der Waals surface area contributed by atoms with Crippen molar-refractivity contribution < 1.29 is 17.9 Å². The Labute approximate surface area is 170 Å². The van der Waals surface area contributed by atoms with Gasteiger partial charge in [0.15, 0.2) is 5.78 Å². The number of ketones is 1. The van der Waals surface area contributed by atoms with Crippen LogP contribution in [0.15, 0.2) is 54.6 Å². The molecule has 0 aliphatic carbocycles. The monoisotopic (exact) mass is 412 g/mol. The molecule has 0 saturated heterocycles. The molecule has 7 heteroatoms. The van der Waals surface area contributed by atoms with E-state index in [-0.39, 0.29) is 6.42 Å². The highest BCUT2D eigenvalue weighted by molar-refractivity contribution is 7.89. The molecule has 0 bridgehead atoms. The number of ether oxygens (including phenoxy) is 1. The van der Waals surface area contributed by atoms with Crippen molar-refractivity contribution in [1.29, 1.82) is 0 Å². The van der Waals surface area contributed by atoms with Gasteiger partial charge in [-0.05, 0) is 35.7 Å². The third kappa shape index (κ3) is 6.10. The summed E-state index contributed by atoms with van der Waals surface area (Å²) < 4.78 is 28.2. The Hall–Kier alpha value is -2.77. The molecule has 2 N–H and O–H groups in total. The Morgan fingerprint density at radius 1 is 1.10 bits per heavy atom. The summed E-state index contributed by atoms with van der Waals surface area (Å²) in [5.74, 6) is -0.337. The lowest BCUT2D eigenvalue weighted by molar-refractivity contribution is -0.116. The van der Waals surface area contributed by atoms with Crippen molar-refractivity contribution in [3.05, 3.63) is 71.4 Å². The fraction of sp³-hybridized carbons (Fsp3) is 0.273. The second-order valence-corrected chi connectivity index (χ2v) is 8.61. The van der Waals surface area contributed by atoms with Crippen molar-refractivity contribution in [2.45, 2.75) is 32.8 Å². The van der Waals surface area contributed by atoms with Gasteiger partial charge in [0.2, 0.25) is 10.0 Å². The zero-order valence-corrected chi connectivity index (χ0v) is 17.1. The van der Waals surface area contributed by atoms with Crippen LogP contribution in [0.1, 0.15) is 30.2 Å². The Morgan fingerprint density at radius 3 is 2.66 bits per heavy atom. The fourth-order valence-electron chi connectivity index (χ4n) is 3.19. The van der Waals surface area contributed by atoms with Crippen molar-refractivity contribution in [2.75, 3.05) is 5.75 Å². The number of Topliss-reactive ketones (excluding diaryl/α,β-unsaturated/α-hetero) is 1. The lowest BCUT2D eigenvalue weighted by Gasteiger charge is -2.13. The number of nitrogens with two attached hydrogens (primary N) is 1. The quantitative estimate of drug-likeness (QED) is 0.582. The molecule has 0 unspecified atom stereocenters. The second kappa shape index (κ2) is 9.15. The lowest BCUT2D eigenvalue weighted by atomic mass is 10.0. The second-order valence-electron chi connectivity index (χ2n) is 7.00. The van der Waals surface area contributed by atoms with Gasteiger partial charge in [0.05, 0.1) is 11.2 Å². The molecule has 6 nitrogen and oxygen atoms in total. The van der Waals surface area contributed by atoms with E-state index in [9.17, 15) is 13.2 Å². The standard InChI is InChI=1S/C22H24N2O4S/c1-2-5-18-12-16(13-20(25)15-29(23,26)27)8-11-22(18)28-14-19-10-9-17-6-3-4-7-21(17)24-19/h3-4,6-12H,2,5,13-15H2,1H3,(H2,23,26,27). The maximum Gasteiger partial charge on any atom is 0.216 e. The molecule has 1 aromatic heterocycles.